The summed E-state index contributed by atoms with van der Waals surface area (Å²) in [6.45, 7) is 1.79. The number of hydrogen-bond acceptors (Lipinski definition) is 4. The fraction of sp³-hybridized carbons (Fsp3) is 0.381. The van der Waals surface area contributed by atoms with Crippen molar-refractivity contribution in [1.29, 1.82) is 5.26 Å². The summed E-state index contributed by atoms with van der Waals surface area (Å²) >= 11 is 0. The lowest BCUT2D eigenvalue weighted by Crippen LogP contribution is -2.45. The molecule has 3 rings (SSSR count). The number of piperidine rings is 1. The Kier molecular flexibility index (Phi) is 6.05. The van der Waals surface area contributed by atoms with E-state index in [1.165, 1.54) is 12.0 Å². The van der Waals surface area contributed by atoms with Crippen LogP contribution in [-0.4, -0.2) is 19.7 Å². The Labute approximate surface area is 149 Å². The molecule has 130 valence electrons. The van der Waals surface area contributed by atoms with Gasteiger partial charge >= 0.3 is 0 Å². The quantitative estimate of drug-likeness (QED) is 0.850. The number of nitrogens with one attached hydrogen (secondary N) is 2. The van der Waals surface area contributed by atoms with Crippen molar-refractivity contribution >= 4 is 0 Å². The van der Waals surface area contributed by atoms with Crippen LogP contribution < -0.4 is 15.4 Å². The van der Waals surface area contributed by atoms with Gasteiger partial charge in [0, 0.05) is 24.2 Å². The van der Waals surface area contributed by atoms with Crippen LogP contribution in [-0.2, 0) is 13.0 Å². The SMILES string of the molecule is COc1ccc(CC#N)cc1CN[C@H]1CCCN[C@H]1c1ccccc1. The first-order valence-electron chi connectivity index (χ1n) is 8.86. The van der Waals surface area contributed by atoms with E-state index < -0.39 is 0 Å². The number of hydrogen-bond donors (Lipinski definition) is 2. The van der Waals surface area contributed by atoms with Crippen LogP contribution in [0.4, 0.5) is 0 Å². The molecule has 0 aliphatic carbocycles. The van der Waals surface area contributed by atoms with Crippen LogP contribution in [0.15, 0.2) is 48.5 Å². The molecule has 1 aliphatic rings. The molecule has 0 spiro atoms. The summed E-state index contributed by atoms with van der Waals surface area (Å²) in [4.78, 5) is 0. The van der Waals surface area contributed by atoms with Crippen LogP contribution in [0.5, 0.6) is 5.75 Å². The van der Waals surface area contributed by atoms with Crippen LogP contribution >= 0.6 is 0 Å². The summed E-state index contributed by atoms with van der Waals surface area (Å²) in [5.41, 5.74) is 3.46. The molecule has 2 atom stereocenters. The van der Waals surface area contributed by atoms with Gasteiger partial charge in [0.05, 0.1) is 19.6 Å². The topological polar surface area (TPSA) is 57.1 Å². The third kappa shape index (κ3) is 4.39. The number of rotatable bonds is 6. The zero-order chi connectivity index (χ0) is 17.5. The molecule has 2 aromatic carbocycles. The van der Waals surface area contributed by atoms with Gasteiger partial charge in [-0.15, -0.1) is 0 Å². The third-order valence-electron chi connectivity index (χ3n) is 4.80. The van der Waals surface area contributed by atoms with Gasteiger partial charge < -0.3 is 15.4 Å². The lowest BCUT2D eigenvalue weighted by Gasteiger charge is -2.34. The summed E-state index contributed by atoms with van der Waals surface area (Å²) in [6.07, 6.45) is 2.74. The molecule has 1 heterocycles. The Balaban J connectivity index is 1.73. The highest BCUT2D eigenvalue weighted by Gasteiger charge is 2.25. The number of methoxy groups -OCH3 is 1. The minimum Gasteiger partial charge on any atom is -0.496 e. The predicted octanol–water partition coefficient (Wildman–Crippen LogP) is 3.34. The standard InChI is InChI=1S/C21H25N3O/c1-25-20-10-9-16(11-12-22)14-18(20)15-24-19-8-5-13-23-21(19)17-6-3-2-4-7-17/h2-4,6-7,9-10,14,19,21,23-24H,5,8,11,13,15H2,1H3/t19-,21-/m0/s1. The van der Waals surface area contributed by atoms with Crippen molar-refractivity contribution < 1.29 is 4.74 Å². The first kappa shape index (κ1) is 17.5. The molecule has 0 radical (unpaired) electrons. The average Bonchev–Trinajstić information content (AvgIpc) is 2.68. The Morgan fingerprint density at radius 3 is 2.84 bits per heavy atom. The Hall–Kier alpha value is -2.35. The number of nitriles is 1. The third-order valence-corrected chi connectivity index (χ3v) is 4.80. The molecule has 4 heteroatoms. The molecular weight excluding hydrogens is 310 g/mol. The molecule has 1 saturated heterocycles. The van der Waals surface area contributed by atoms with Crippen molar-refractivity contribution in [2.75, 3.05) is 13.7 Å². The minimum absolute atomic E-state index is 0.322. The fourth-order valence-electron chi connectivity index (χ4n) is 3.53. The van der Waals surface area contributed by atoms with Crippen LogP contribution in [0.1, 0.15) is 35.6 Å². The lowest BCUT2D eigenvalue weighted by atomic mass is 9.92. The van der Waals surface area contributed by atoms with Crippen molar-refractivity contribution in [3.05, 3.63) is 65.2 Å². The molecule has 0 aromatic heterocycles. The zero-order valence-electron chi connectivity index (χ0n) is 14.7. The van der Waals surface area contributed by atoms with E-state index in [9.17, 15) is 0 Å². The highest BCUT2D eigenvalue weighted by molar-refractivity contribution is 5.38. The van der Waals surface area contributed by atoms with E-state index >= 15 is 0 Å². The Bertz CT molecular complexity index is 724. The van der Waals surface area contributed by atoms with Gasteiger partial charge in [0.2, 0.25) is 0 Å². The van der Waals surface area contributed by atoms with Crippen molar-refractivity contribution in [2.24, 2.45) is 0 Å². The smallest absolute Gasteiger partial charge is 0.123 e. The monoisotopic (exact) mass is 335 g/mol. The van der Waals surface area contributed by atoms with Crippen molar-refractivity contribution in [3.8, 4) is 11.8 Å². The molecule has 0 amide bonds. The van der Waals surface area contributed by atoms with E-state index in [1.807, 2.05) is 12.1 Å². The molecule has 0 bridgehead atoms. The molecule has 1 fully saturated rings. The minimum atomic E-state index is 0.322. The molecule has 25 heavy (non-hydrogen) atoms. The van der Waals surface area contributed by atoms with Crippen LogP contribution in [0.2, 0.25) is 0 Å². The normalized spacial score (nSPS) is 20.0. The maximum absolute atomic E-state index is 8.93. The highest BCUT2D eigenvalue weighted by atomic mass is 16.5. The maximum Gasteiger partial charge on any atom is 0.123 e. The summed E-state index contributed by atoms with van der Waals surface area (Å²) in [6, 6.07) is 19.5. The van der Waals surface area contributed by atoms with E-state index in [-0.39, 0.29) is 0 Å². The summed E-state index contributed by atoms with van der Waals surface area (Å²) in [5, 5.41) is 16.3. The maximum atomic E-state index is 8.93. The van der Waals surface area contributed by atoms with Crippen LogP contribution in [0.3, 0.4) is 0 Å². The van der Waals surface area contributed by atoms with E-state index in [0.29, 0.717) is 18.5 Å². The van der Waals surface area contributed by atoms with Crippen LogP contribution in [0, 0.1) is 11.3 Å². The van der Waals surface area contributed by atoms with Crippen molar-refractivity contribution in [1.82, 2.24) is 10.6 Å². The van der Waals surface area contributed by atoms with E-state index in [0.717, 1.165) is 36.4 Å². The summed E-state index contributed by atoms with van der Waals surface area (Å²) in [7, 11) is 1.69. The summed E-state index contributed by atoms with van der Waals surface area (Å²) in [5.74, 6) is 0.870. The second kappa shape index (κ2) is 8.66. The number of ether oxygens (including phenoxy) is 1. The molecule has 2 N–H and O–H groups in total. The molecule has 0 unspecified atom stereocenters. The van der Waals surface area contributed by atoms with Gasteiger partial charge in [0.25, 0.3) is 0 Å². The van der Waals surface area contributed by atoms with Gasteiger partial charge in [0.15, 0.2) is 0 Å². The first-order valence-corrected chi connectivity index (χ1v) is 8.86. The largest absolute Gasteiger partial charge is 0.496 e. The molecule has 0 saturated carbocycles. The van der Waals surface area contributed by atoms with E-state index in [4.69, 9.17) is 10.00 Å². The predicted molar refractivity (Wildman–Crippen MR) is 99.4 cm³/mol. The number of nitrogens with zero attached hydrogens (tertiary/aromatic N) is 1. The zero-order valence-corrected chi connectivity index (χ0v) is 14.7. The summed E-state index contributed by atoms with van der Waals surface area (Å²) < 4.78 is 5.49. The fourth-order valence-corrected chi connectivity index (χ4v) is 3.53. The van der Waals surface area contributed by atoms with Gasteiger partial charge in [-0.2, -0.15) is 5.26 Å². The van der Waals surface area contributed by atoms with Gasteiger partial charge in [-0.1, -0.05) is 36.4 Å². The second-order valence-corrected chi connectivity index (χ2v) is 6.45. The molecule has 2 aromatic rings. The van der Waals surface area contributed by atoms with Crippen LogP contribution in [0.25, 0.3) is 0 Å². The van der Waals surface area contributed by atoms with Crippen molar-refractivity contribution in [2.45, 2.75) is 37.9 Å². The van der Waals surface area contributed by atoms with E-state index in [1.54, 1.807) is 7.11 Å². The van der Waals surface area contributed by atoms with Gasteiger partial charge in [-0.3, -0.25) is 0 Å². The molecular formula is C21H25N3O. The van der Waals surface area contributed by atoms with Gasteiger partial charge in [-0.25, -0.2) is 0 Å². The lowest BCUT2D eigenvalue weighted by molar-refractivity contribution is 0.303. The molecule has 4 nitrogen and oxygen atoms in total. The Morgan fingerprint density at radius 2 is 2.08 bits per heavy atom. The number of benzene rings is 2. The highest BCUT2D eigenvalue weighted by Crippen LogP contribution is 2.25. The Morgan fingerprint density at radius 1 is 1.24 bits per heavy atom. The average molecular weight is 335 g/mol. The van der Waals surface area contributed by atoms with Gasteiger partial charge in [0.1, 0.15) is 5.75 Å². The molecule has 1 aliphatic heterocycles. The van der Waals surface area contributed by atoms with E-state index in [2.05, 4.69) is 53.1 Å². The van der Waals surface area contributed by atoms with Crippen molar-refractivity contribution in [3.63, 3.8) is 0 Å². The van der Waals surface area contributed by atoms with Gasteiger partial charge in [-0.05, 0) is 42.6 Å². The second-order valence-electron chi connectivity index (χ2n) is 6.45. The first-order chi connectivity index (χ1) is 12.3.